The molecule has 0 spiro atoms. The molecule has 0 aromatic carbocycles. The minimum Gasteiger partial charge on any atom is -0.372 e. The van der Waals surface area contributed by atoms with Gasteiger partial charge < -0.3 is 15.8 Å². The van der Waals surface area contributed by atoms with Gasteiger partial charge in [-0.2, -0.15) is 10.2 Å². The number of rotatable bonds is 7. The van der Waals surface area contributed by atoms with Crippen molar-refractivity contribution in [2.45, 2.75) is 31.9 Å². The van der Waals surface area contributed by atoms with Crippen LogP contribution in [0, 0.1) is 5.92 Å². The maximum Gasteiger partial charge on any atom is 0.219 e. The molecule has 1 amide bonds. The van der Waals surface area contributed by atoms with Crippen molar-refractivity contribution >= 4 is 11.7 Å². The molecule has 1 fully saturated rings. The van der Waals surface area contributed by atoms with E-state index in [9.17, 15) is 4.79 Å². The summed E-state index contributed by atoms with van der Waals surface area (Å²) in [5.41, 5.74) is 6.27. The van der Waals surface area contributed by atoms with Crippen molar-refractivity contribution in [3.8, 4) is 0 Å². The van der Waals surface area contributed by atoms with Gasteiger partial charge in [0, 0.05) is 57.5 Å². The van der Waals surface area contributed by atoms with E-state index in [1.807, 2.05) is 30.1 Å². The first-order valence-corrected chi connectivity index (χ1v) is 8.28. The summed E-state index contributed by atoms with van der Waals surface area (Å²) >= 11 is 0. The van der Waals surface area contributed by atoms with Crippen molar-refractivity contribution in [2.24, 2.45) is 18.7 Å². The maximum atomic E-state index is 10.8. The van der Waals surface area contributed by atoms with Gasteiger partial charge in [0.25, 0.3) is 0 Å². The van der Waals surface area contributed by atoms with Crippen LogP contribution in [0.1, 0.15) is 31.1 Å². The third-order valence-corrected chi connectivity index (χ3v) is 4.37. The molecule has 0 radical (unpaired) electrons. The smallest absolute Gasteiger partial charge is 0.219 e. The van der Waals surface area contributed by atoms with Crippen LogP contribution < -0.4 is 11.1 Å². The Morgan fingerprint density at radius 3 is 3.12 bits per heavy atom. The molecule has 8 heteroatoms. The van der Waals surface area contributed by atoms with E-state index in [1.54, 1.807) is 10.9 Å². The second-order valence-electron chi connectivity index (χ2n) is 6.13. The lowest BCUT2D eigenvalue weighted by Crippen LogP contribution is -2.29. The third-order valence-electron chi connectivity index (χ3n) is 4.37. The summed E-state index contributed by atoms with van der Waals surface area (Å²) in [5.74, 6) is 0.845. The van der Waals surface area contributed by atoms with Crippen LogP contribution in [0.25, 0.3) is 0 Å². The lowest BCUT2D eigenvalue weighted by Gasteiger charge is -2.31. The molecule has 2 atom stereocenters. The molecule has 3 heterocycles. The molecule has 0 aliphatic carbocycles. The number of aryl methyl sites for hydroxylation is 2. The second kappa shape index (κ2) is 7.48. The molecule has 8 nitrogen and oxygen atoms in total. The fraction of sp³-hybridized carbons (Fsp3) is 0.562. The van der Waals surface area contributed by atoms with E-state index in [-0.39, 0.29) is 12.0 Å². The fourth-order valence-electron chi connectivity index (χ4n) is 3.08. The van der Waals surface area contributed by atoms with E-state index < -0.39 is 0 Å². The SMILES string of the molecule is Cn1nccc1[C@@H]1OCCC[C@H]1CNc1ccn(CCC(N)=O)n1. The Morgan fingerprint density at radius 1 is 1.50 bits per heavy atom. The van der Waals surface area contributed by atoms with Gasteiger partial charge in [-0.15, -0.1) is 0 Å². The van der Waals surface area contributed by atoms with Crippen LogP contribution in [-0.2, 0) is 23.1 Å². The Kier molecular flexibility index (Phi) is 5.14. The molecule has 130 valence electrons. The number of nitrogens with two attached hydrogens (primary N) is 1. The highest BCUT2D eigenvalue weighted by molar-refractivity contribution is 5.73. The first-order valence-electron chi connectivity index (χ1n) is 8.28. The van der Waals surface area contributed by atoms with Crippen molar-refractivity contribution < 1.29 is 9.53 Å². The predicted molar refractivity (Wildman–Crippen MR) is 89.2 cm³/mol. The first-order chi connectivity index (χ1) is 11.6. The number of nitrogens with zero attached hydrogens (tertiary/aromatic N) is 4. The number of ether oxygens (including phenoxy) is 1. The maximum absolute atomic E-state index is 10.8. The predicted octanol–water partition coefficient (Wildman–Crippen LogP) is 1.07. The van der Waals surface area contributed by atoms with E-state index in [2.05, 4.69) is 15.5 Å². The number of aromatic nitrogens is 4. The number of hydrogen-bond acceptors (Lipinski definition) is 5. The van der Waals surface area contributed by atoms with E-state index in [0.29, 0.717) is 18.9 Å². The number of amides is 1. The quantitative estimate of drug-likeness (QED) is 0.790. The average molecular weight is 332 g/mol. The van der Waals surface area contributed by atoms with Crippen LogP contribution >= 0.6 is 0 Å². The van der Waals surface area contributed by atoms with Gasteiger partial charge >= 0.3 is 0 Å². The van der Waals surface area contributed by atoms with Crippen molar-refractivity contribution in [2.75, 3.05) is 18.5 Å². The van der Waals surface area contributed by atoms with Crippen LogP contribution in [0.5, 0.6) is 0 Å². The number of anilines is 1. The van der Waals surface area contributed by atoms with Crippen LogP contribution in [-0.4, -0.2) is 38.6 Å². The molecule has 2 aromatic rings. The zero-order valence-corrected chi connectivity index (χ0v) is 13.9. The van der Waals surface area contributed by atoms with Crippen molar-refractivity contribution in [3.05, 3.63) is 30.2 Å². The zero-order chi connectivity index (χ0) is 16.9. The van der Waals surface area contributed by atoms with Crippen LogP contribution in [0.4, 0.5) is 5.82 Å². The van der Waals surface area contributed by atoms with Crippen molar-refractivity contribution in [1.29, 1.82) is 0 Å². The number of carbonyl (C=O) groups is 1. The van der Waals surface area contributed by atoms with Crippen LogP contribution in [0.3, 0.4) is 0 Å². The molecule has 0 bridgehead atoms. The van der Waals surface area contributed by atoms with Gasteiger partial charge in [-0.05, 0) is 18.9 Å². The third kappa shape index (κ3) is 3.94. The molecule has 2 aromatic heterocycles. The Hall–Kier alpha value is -2.35. The number of nitrogens with one attached hydrogen (secondary N) is 1. The fourth-order valence-corrected chi connectivity index (χ4v) is 3.08. The molecule has 3 rings (SSSR count). The molecule has 24 heavy (non-hydrogen) atoms. The highest BCUT2D eigenvalue weighted by atomic mass is 16.5. The van der Waals surface area contributed by atoms with Gasteiger partial charge in [-0.25, -0.2) is 0 Å². The van der Waals surface area contributed by atoms with E-state index in [1.165, 1.54) is 0 Å². The van der Waals surface area contributed by atoms with Crippen molar-refractivity contribution in [1.82, 2.24) is 19.6 Å². The normalized spacial score (nSPS) is 20.9. The molecule has 1 saturated heterocycles. The van der Waals surface area contributed by atoms with Gasteiger partial charge in [0.05, 0.1) is 5.69 Å². The molecule has 3 N–H and O–H groups in total. The average Bonchev–Trinajstić information content (AvgIpc) is 3.20. The number of carbonyl (C=O) groups excluding carboxylic acids is 1. The van der Waals surface area contributed by atoms with Crippen molar-refractivity contribution in [3.63, 3.8) is 0 Å². The summed E-state index contributed by atoms with van der Waals surface area (Å²) in [5, 5.41) is 12.0. The Bertz CT molecular complexity index is 680. The lowest BCUT2D eigenvalue weighted by atomic mass is 9.92. The van der Waals surface area contributed by atoms with Gasteiger partial charge in [0.2, 0.25) is 5.91 Å². The highest BCUT2D eigenvalue weighted by Gasteiger charge is 2.29. The summed E-state index contributed by atoms with van der Waals surface area (Å²) in [6, 6.07) is 3.92. The molecule has 0 saturated carbocycles. The van der Waals surface area contributed by atoms with E-state index >= 15 is 0 Å². The minimum absolute atomic E-state index is 0.0516. The Balaban J connectivity index is 1.58. The Labute approximate surface area is 141 Å². The van der Waals surface area contributed by atoms with Crippen LogP contribution in [0.15, 0.2) is 24.5 Å². The summed E-state index contributed by atoms with van der Waals surface area (Å²) in [6.07, 6.45) is 6.16. The van der Waals surface area contributed by atoms with E-state index in [4.69, 9.17) is 10.5 Å². The largest absolute Gasteiger partial charge is 0.372 e. The minimum atomic E-state index is -0.321. The van der Waals surface area contributed by atoms with Gasteiger partial charge in [-0.1, -0.05) is 0 Å². The lowest BCUT2D eigenvalue weighted by molar-refractivity contribution is -0.118. The number of primary amides is 1. The molecule has 0 unspecified atom stereocenters. The zero-order valence-electron chi connectivity index (χ0n) is 13.9. The molecular weight excluding hydrogens is 308 g/mol. The summed E-state index contributed by atoms with van der Waals surface area (Å²) in [4.78, 5) is 10.8. The standard InChI is InChI=1S/C16H24N6O2/c1-21-13(4-7-19-21)16-12(3-2-10-24-16)11-18-15-6-9-22(20-15)8-5-14(17)23/h4,6-7,9,12,16H,2-3,5,8,10-11H2,1H3,(H2,17,23)(H,18,20)/t12-,16+/m0/s1. The summed E-state index contributed by atoms with van der Waals surface area (Å²) in [6.45, 7) is 2.07. The molecule has 1 aliphatic rings. The monoisotopic (exact) mass is 332 g/mol. The van der Waals surface area contributed by atoms with Gasteiger partial charge in [-0.3, -0.25) is 14.2 Å². The summed E-state index contributed by atoms with van der Waals surface area (Å²) < 4.78 is 9.60. The topological polar surface area (TPSA) is 100.0 Å². The van der Waals surface area contributed by atoms with Gasteiger partial charge in [0.15, 0.2) is 0 Å². The second-order valence-corrected chi connectivity index (χ2v) is 6.13. The molecule has 1 aliphatic heterocycles. The highest BCUT2D eigenvalue weighted by Crippen LogP contribution is 2.33. The summed E-state index contributed by atoms with van der Waals surface area (Å²) in [7, 11) is 1.94. The molecular formula is C16H24N6O2. The number of hydrogen-bond donors (Lipinski definition) is 2. The van der Waals surface area contributed by atoms with Gasteiger partial charge in [0.1, 0.15) is 11.9 Å². The van der Waals surface area contributed by atoms with Crippen LogP contribution in [0.2, 0.25) is 0 Å². The van der Waals surface area contributed by atoms with E-state index in [0.717, 1.165) is 37.5 Å². The Morgan fingerprint density at radius 2 is 2.38 bits per heavy atom. The first kappa shape index (κ1) is 16.5.